The summed E-state index contributed by atoms with van der Waals surface area (Å²) in [7, 11) is 0. The average Bonchev–Trinajstić information content (AvgIpc) is 3.59. The third kappa shape index (κ3) is 7.06. The van der Waals surface area contributed by atoms with Gasteiger partial charge in [0.05, 0.1) is 16.6 Å². The number of para-hydroxylation sites is 2. The summed E-state index contributed by atoms with van der Waals surface area (Å²) in [5, 5.41) is 7.26. The fraction of sp³-hybridized carbons (Fsp3) is 0.0833. The molecule has 9 heteroatoms. The Kier molecular flexibility index (Phi) is 9.49. The molecule has 1 aromatic heterocycles. The predicted octanol–water partition coefficient (Wildman–Crippen LogP) is 8.86. The van der Waals surface area contributed by atoms with Crippen LogP contribution in [0.5, 0.6) is 0 Å². The lowest BCUT2D eigenvalue weighted by Gasteiger charge is -2.33. The molecule has 45 heavy (non-hydrogen) atoms. The number of thioether (sulfide) groups is 1. The Morgan fingerprint density at radius 1 is 0.822 bits per heavy atom. The molecule has 4 aromatic carbocycles. The number of anilines is 3. The van der Waals surface area contributed by atoms with Gasteiger partial charge in [0.15, 0.2) is 0 Å². The van der Waals surface area contributed by atoms with Gasteiger partial charge < -0.3 is 10.6 Å². The maximum atomic E-state index is 14.2. The molecule has 1 unspecified atom stereocenters. The molecule has 2 heterocycles. The van der Waals surface area contributed by atoms with E-state index in [4.69, 9.17) is 0 Å². The minimum Gasteiger partial charge on any atom is -0.321 e. The molecular weight excluding hydrogens is 619 g/mol. The number of hydrogen-bond donors (Lipinski definition) is 2. The predicted molar refractivity (Wildman–Crippen MR) is 185 cm³/mol. The first-order valence-electron chi connectivity index (χ1n) is 14.4. The molecular formula is C36H29N3O3S3. The van der Waals surface area contributed by atoms with E-state index >= 15 is 0 Å². The molecule has 1 atom stereocenters. The molecule has 5 aromatic rings. The number of thiophene rings is 1. The quantitative estimate of drug-likeness (QED) is 0.123. The summed E-state index contributed by atoms with van der Waals surface area (Å²) in [6.07, 6.45) is 2.28. The van der Waals surface area contributed by atoms with Crippen molar-refractivity contribution in [3.05, 3.63) is 137 Å². The number of benzene rings is 4. The van der Waals surface area contributed by atoms with Crippen LogP contribution in [-0.4, -0.2) is 23.0 Å². The van der Waals surface area contributed by atoms with Gasteiger partial charge in [-0.2, -0.15) is 0 Å². The van der Waals surface area contributed by atoms with Crippen LogP contribution in [-0.2, 0) is 9.59 Å². The SMILES string of the molecule is CCC(Sc1cccc(NC(=O)/C(=C\c2cccs2)NC(=O)c2ccccc2)c1)C(=O)N1c2ccccc2Sc2ccccc21. The number of nitrogens with zero attached hydrogens (tertiary/aromatic N) is 1. The fourth-order valence-corrected chi connectivity index (χ4v) is 7.63. The molecule has 6 nitrogen and oxygen atoms in total. The zero-order valence-electron chi connectivity index (χ0n) is 24.3. The van der Waals surface area contributed by atoms with Gasteiger partial charge in [0.25, 0.3) is 11.8 Å². The molecule has 0 aliphatic carbocycles. The van der Waals surface area contributed by atoms with Gasteiger partial charge in [-0.15, -0.1) is 23.1 Å². The van der Waals surface area contributed by atoms with Crippen molar-refractivity contribution in [2.24, 2.45) is 0 Å². The van der Waals surface area contributed by atoms with Crippen LogP contribution in [0, 0.1) is 0 Å². The van der Waals surface area contributed by atoms with Gasteiger partial charge in [-0.3, -0.25) is 19.3 Å². The Labute approximate surface area is 274 Å². The fourth-order valence-electron chi connectivity index (χ4n) is 4.86. The van der Waals surface area contributed by atoms with Gasteiger partial charge in [0.2, 0.25) is 5.91 Å². The smallest absolute Gasteiger partial charge is 0.272 e. The lowest BCUT2D eigenvalue weighted by molar-refractivity contribution is -0.117. The van der Waals surface area contributed by atoms with Crippen LogP contribution in [0.1, 0.15) is 28.6 Å². The molecule has 1 aliphatic heterocycles. The van der Waals surface area contributed by atoms with E-state index in [1.807, 2.05) is 102 Å². The van der Waals surface area contributed by atoms with E-state index in [1.54, 1.807) is 48.2 Å². The van der Waals surface area contributed by atoms with Crippen molar-refractivity contribution >= 4 is 75.7 Å². The number of carbonyl (C=O) groups excluding carboxylic acids is 3. The first-order valence-corrected chi connectivity index (χ1v) is 17.0. The molecule has 1 aliphatic rings. The Morgan fingerprint density at radius 2 is 1.51 bits per heavy atom. The van der Waals surface area contributed by atoms with Crippen LogP contribution in [0.25, 0.3) is 6.08 Å². The first kappa shape index (κ1) is 30.5. The van der Waals surface area contributed by atoms with Gasteiger partial charge in [0, 0.05) is 30.8 Å². The largest absolute Gasteiger partial charge is 0.321 e. The second-order valence-corrected chi connectivity index (χ2v) is 13.4. The third-order valence-electron chi connectivity index (χ3n) is 7.03. The highest BCUT2D eigenvalue weighted by Crippen LogP contribution is 2.48. The van der Waals surface area contributed by atoms with E-state index in [0.29, 0.717) is 17.7 Å². The van der Waals surface area contributed by atoms with Crippen LogP contribution >= 0.6 is 34.9 Å². The van der Waals surface area contributed by atoms with Crippen molar-refractivity contribution < 1.29 is 14.4 Å². The van der Waals surface area contributed by atoms with Crippen LogP contribution in [0.15, 0.2) is 141 Å². The van der Waals surface area contributed by atoms with Crippen molar-refractivity contribution in [3.63, 3.8) is 0 Å². The molecule has 0 spiro atoms. The Morgan fingerprint density at radius 3 is 2.18 bits per heavy atom. The molecule has 2 N–H and O–H groups in total. The van der Waals surface area contributed by atoms with E-state index in [2.05, 4.69) is 10.6 Å². The minimum atomic E-state index is -0.447. The highest BCUT2D eigenvalue weighted by atomic mass is 32.2. The molecule has 0 fully saturated rings. The average molecular weight is 648 g/mol. The van der Waals surface area contributed by atoms with Gasteiger partial charge in [0.1, 0.15) is 5.70 Å². The molecule has 224 valence electrons. The maximum absolute atomic E-state index is 14.2. The molecule has 0 saturated heterocycles. The Balaban J connectivity index is 1.21. The molecule has 3 amide bonds. The van der Waals surface area contributed by atoms with Gasteiger partial charge in [-0.1, -0.05) is 73.3 Å². The van der Waals surface area contributed by atoms with Gasteiger partial charge in [-0.25, -0.2) is 0 Å². The summed E-state index contributed by atoms with van der Waals surface area (Å²) < 4.78 is 0. The van der Waals surface area contributed by atoms with E-state index < -0.39 is 5.91 Å². The summed E-state index contributed by atoms with van der Waals surface area (Å²) in [6, 6.07) is 35.9. The summed E-state index contributed by atoms with van der Waals surface area (Å²) in [4.78, 5) is 46.2. The summed E-state index contributed by atoms with van der Waals surface area (Å²) in [5.41, 5.74) is 2.91. The minimum absolute atomic E-state index is 0.00179. The van der Waals surface area contributed by atoms with E-state index in [-0.39, 0.29) is 22.8 Å². The zero-order chi connectivity index (χ0) is 31.2. The van der Waals surface area contributed by atoms with Crippen LogP contribution < -0.4 is 15.5 Å². The van der Waals surface area contributed by atoms with Gasteiger partial charge >= 0.3 is 0 Å². The Bertz CT molecular complexity index is 1830. The molecule has 0 bridgehead atoms. The maximum Gasteiger partial charge on any atom is 0.272 e. The molecule has 0 radical (unpaired) electrons. The van der Waals surface area contributed by atoms with Crippen LogP contribution in [0.2, 0.25) is 0 Å². The molecule has 0 saturated carbocycles. The second kappa shape index (κ2) is 14.0. The number of carbonyl (C=O) groups is 3. The first-order chi connectivity index (χ1) is 22.0. The van der Waals surface area contributed by atoms with Crippen LogP contribution in [0.4, 0.5) is 17.1 Å². The topological polar surface area (TPSA) is 78.5 Å². The number of amides is 3. The Hall–Kier alpha value is -4.57. The number of fused-ring (bicyclic) bond motifs is 2. The number of nitrogens with one attached hydrogen (secondary N) is 2. The number of hydrogen-bond acceptors (Lipinski definition) is 6. The summed E-state index contributed by atoms with van der Waals surface area (Å²) >= 11 is 4.61. The summed E-state index contributed by atoms with van der Waals surface area (Å²) in [6.45, 7) is 2.01. The van der Waals surface area contributed by atoms with E-state index in [0.717, 1.165) is 30.9 Å². The van der Waals surface area contributed by atoms with Crippen molar-refractivity contribution in [2.45, 2.75) is 33.3 Å². The molecule has 6 rings (SSSR count). The summed E-state index contributed by atoms with van der Waals surface area (Å²) in [5.74, 6) is -0.819. The van der Waals surface area contributed by atoms with Crippen molar-refractivity contribution in [1.29, 1.82) is 0 Å². The van der Waals surface area contributed by atoms with Crippen molar-refractivity contribution in [1.82, 2.24) is 5.32 Å². The monoisotopic (exact) mass is 647 g/mol. The van der Waals surface area contributed by atoms with Crippen molar-refractivity contribution in [2.75, 3.05) is 10.2 Å². The van der Waals surface area contributed by atoms with Gasteiger partial charge in [-0.05, 0) is 78.5 Å². The van der Waals surface area contributed by atoms with Crippen molar-refractivity contribution in [3.8, 4) is 0 Å². The second-order valence-electron chi connectivity index (χ2n) is 10.1. The van der Waals surface area contributed by atoms with E-state index in [9.17, 15) is 14.4 Å². The highest BCUT2D eigenvalue weighted by Gasteiger charge is 2.32. The third-order valence-corrected chi connectivity index (χ3v) is 10.3. The lowest BCUT2D eigenvalue weighted by Crippen LogP contribution is -2.35. The highest BCUT2D eigenvalue weighted by molar-refractivity contribution is 8.00. The standard InChI is InChI=1S/C36H29N3O3S3/c1-2-31(36(42)39-29-17-6-8-19-32(29)45-33-20-9-7-18-30(33)39)44-27-15-10-14-25(22-27)37-35(41)28(23-26-16-11-21-43-26)38-34(40)24-12-4-3-5-13-24/h3-23,31H,2H2,1H3,(H,37,41)(H,38,40)/b28-23+. The zero-order valence-corrected chi connectivity index (χ0v) is 26.8. The van der Waals surface area contributed by atoms with Crippen LogP contribution in [0.3, 0.4) is 0 Å². The van der Waals surface area contributed by atoms with E-state index in [1.165, 1.54) is 23.1 Å². The lowest BCUT2D eigenvalue weighted by atomic mass is 10.2. The normalized spacial score (nSPS) is 12.9. The number of rotatable bonds is 9.